The molecule has 3 heterocycles. The minimum absolute atomic E-state index is 0.0554. The van der Waals surface area contributed by atoms with E-state index in [0.29, 0.717) is 29.7 Å². The first-order valence-electron chi connectivity index (χ1n) is 13.0. The Morgan fingerprint density at radius 1 is 1.00 bits per heavy atom. The first-order chi connectivity index (χ1) is 20.4. The lowest BCUT2D eigenvalue weighted by Gasteiger charge is -2.17. The lowest BCUT2D eigenvalue weighted by atomic mass is 10.1. The van der Waals surface area contributed by atoms with Crippen molar-refractivity contribution in [2.24, 2.45) is 0 Å². The van der Waals surface area contributed by atoms with Crippen molar-refractivity contribution in [3.8, 4) is 5.75 Å². The molecular formula is C28H30N6O9. The van der Waals surface area contributed by atoms with E-state index >= 15 is 0 Å². The third kappa shape index (κ3) is 8.45. The average molecular weight is 595 g/mol. The monoisotopic (exact) mass is 594 g/mol. The number of aromatic nitrogens is 4. The molecular weight excluding hydrogens is 564 g/mol. The van der Waals surface area contributed by atoms with Crippen molar-refractivity contribution in [1.29, 1.82) is 0 Å². The van der Waals surface area contributed by atoms with Crippen LogP contribution in [0, 0.1) is 0 Å². The molecule has 6 N–H and O–H groups in total. The Morgan fingerprint density at radius 2 is 1.72 bits per heavy atom. The van der Waals surface area contributed by atoms with E-state index < -0.39 is 30.0 Å². The number of aromatic carboxylic acids is 2. The van der Waals surface area contributed by atoms with Crippen molar-refractivity contribution < 1.29 is 44.3 Å². The van der Waals surface area contributed by atoms with Gasteiger partial charge < -0.3 is 35.2 Å². The minimum Gasteiger partial charge on any atom is -0.490 e. The summed E-state index contributed by atoms with van der Waals surface area (Å²) in [7, 11) is 0. The molecule has 0 saturated carbocycles. The summed E-state index contributed by atoms with van der Waals surface area (Å²) in [6.07, 6.45) is 3.35. The van der Waals surface area contributed by atoms with E-state index in [1.807, 2.05) is 6.07 Å². The molecule has 2 aromatic heterocycles. The van der Waals surface area contributed by atoms with Gasteiger partial charge in [0.1, 0.15) is 30.5 Å². The number of aliphatic hydroxyl groups is 2. The molecule has 1 aliphatic heterocycles. The Balaban J connectivity index is 0.000000782. The summed E-state index contributed by atoms with van der Waals surface area (Å²) >= 11 is 0. The molecule has 2 atom stereocenters. The maximum atomic E-state index is 12.4. The Labute approximate surface area is 244 Å². The van der Waals surface area contributed by atoms with E-state index in [1.165, 1.54) is 32.3 Å². The summed E-state index contributed by atoms with van der Waals surface area (Å²) in [6.45, 7) is 2.66. The van der Waals surface area contributed by atoms with Crippen LogP contribution in [-0.2, 0) is 4.74 Å². The van der Waals surface area contributed by atoms with Crippen molar-refractivity contribution >= 4 is 40.6 Å². The van der Waals surface area contributed by atoms with Gasteiger partial charge in [-0.2, -0.15) is 0 Å². The van der Waals surface area contributed by atoms with E-state index in [9.17, 15) is 19.5 Å². The summed E-state index contributed by atoms with van der Waals surface area (Å²) in [4.78, 5) is 47.9. The Bertz CT molecular complexity index is 1600. The predicted octanol–water partition coefficient (Wildman–Crippen LogP) is 3.33. The van der Waals surface area contributed by atoms with E-state index in [2.05, 4.69) is 25.6 Å². The Hall–Kier alpha value is -5.12. The molecule has 0 aliphatic carbocycles. The van der Waals surface area contributed by atoms with Crippen molar-refractivity contribution in [3.05, 3.63) is 72.3 Å². The van der Waals surface area contributed by atoms with Crippen LogP contribution in [0.5, 0.6) is 5.75 Å². The van der Waals surface area contributed by atoms with Crippen LogP contribution < -0.4 is 15.4 Å². The summed E-state index contributed by atoms with van der Waals surface area (Å²) in [5.41, 5.74) is 1.10. The third-order valence-electron chi connectivity index (χ3n) is 5.90. The molecule has 15 nitrogen and oxygen atoms in total. The van der Waals surface area contributed by atoms with Crippen molar-refractivity contribution in [2.45, 2.75) is 44.8 Å². The van der Waals surface area contributed by atoms with Gasteiger partial charge in [-0.05, 0) is 57.0 Å². The highest BCUT2D eigenvalue weighted by atomic mass is 16.6. The zero-order valence-electron chi connectivity index (χ0n) is 23.2. The predicted molar refractivity (Wildman–Crippen MR) is 152 cm³/mol. The zero-order valence-corrected chi connectivity index (χ0v) is 23.2. The second-order valence-corrected chi connectivity index (χ2v) is 9.91. The number of carboxylic acid groups (broad SMARTS) is 2. The number of nitrogens with one attached hydrogen (secondary N) is 2. The van der Waals surface area contributed by atoms with Gasteiger partial charge in [-0.15, -0.1) is 0 Å². The smallest absolute Gasteiger partial charge is 0.339 e. The number of rotatable bonds is 8. The number of benzene rings is 2. The first kappa shape index (κ1) is 30.8. The standard InChI is InChI=1S/C25H22N6O7.C3H8O2/c32-23(33)14-6-8-18(17(10-14)24(34)35)37-11-16-7-9-19(38-16)31-13-28-20-21(26-12-27-22(20)31)30-25(36)29-15-4-2-1-3-5-15;1-3(2,4)5/h1-6,8,10,12-13,16,19H,7,9,11H2,(H,32,33)(H,34,35)(H2,26,27,29,30,36);4-5H,1-2H3. The number of anilines is 2. The number of carbonyl (C=O) groups is 3. The number of carbonyl (C=O) groups excluding carboxylic acids is 1. The molecule has 1 aliphatic rings. The highest BCUT2D eigenvalue weighted by Gasteiger charge is 2.29. The molecule has 1 fully saturated rings. The maximum absolute atomic E-state index is 12.4. The summed E-state index contributed by atoms with van der Waals surface area (Å²) < 4.78 is 13.5. The molecule has 2 unspecified atom stereocenters. The van der Waals surface area contributed by atoms with Crippen LogP contribution >= 0.6 is 0 Å². The van der Waals surface area contributed by atoms with Crippen molar-refractivity contribution in [3.63, 3.8) is 0 Å². The number of hydrogen-bond acceptors (Lipinski definition) is 10. The number of amides is 2. The van der Waals surface area contributed by atoms with Crippen LogP contribution in [-0.4, -0.2) is 76.4 Å². The van der Waals surface area contributed by atoms with Gasteiger partial charge in [-0.25, -0.2) is 29.3 Å². The highest BCUT2D eigenvalue weighted by Crippen LogP contribution is 2.32. The number of imidazole rings is 1. The maximum Gasteiger partial charge on any atom is 0.339 e. The fraction of sp³-hybridized carbons (Fsp3) is 0.286. The van der Waals surface area contributed by atoms with Crippen LogP contribution in [0.15, 0.2) is 61.2 Å². The summed E-state index contributed by atoms with van der Waals surface area (Å²) in [5, 5.41) is 40.1. The van der Waals surface area contributed by atoms with Gasteiger partial charge >= 0.3 is 18.0 Å². The zero-order chi connectivity index (χ0) is 31.1. The summed E-state index contributed by atoms with van der Waals surface area (Å²) in [5.74, 6) is -3.72. The molecule has 5 rings (SSSR count). The fourth-order valence-corrected chi connectivity index (χ4v) is 4.10. The average Bonchev–Trinajstić information content (AvgIpc) is 3.59. The second kappa shape index (κ2) is 13.2. The van der Waals surface area contributed by atoms with E-state index in [4.69, 9.17) is 24.8 Å². The van der Waals surface area contributed by atoms with Crippen LogP contribution in [0.4, 0.5) is 16.3 Å². The van der Waals surface area contributed by atoms with Gasteiger partial charge in [-0.1, -0.05) is 18.2 Å². The molecule has 4 aromatic rings. The van der Waals surface area contributed by atoms with Gasteiger partial charge in [0, 0.05) is 5.69 Å². The van der Waals surface area contributed by atoms with Crippen molar-refractivity contribution in [2.75, 3.05) is 17.2 Å². The number of carboxylic acids is 2. The molecule has 2 amide bonds. The normalized spacial score (nSPS) is 16.2. The number of nitrogens with zero attached hydrogens (tertiary/aromatic N) is 4. The van der Waals surface area contributed by atoms with Crippen molar-refractivity contribution in [1.82, 2.24) is 19.5 Å². The highest BCUT2D eigenvalue weighted by molar-refractivity contribution is 6.03. The lowest BCUT2D eigenvalue weighted by molar-refractivity contribution is -0.127. The van der Waals surface area contributed by atoms with Crippen LogP contribution in [0.2, 0.25) is 0 Å². The molecule has 1 saturated heterocycles. The molecule has 15 heteroatoms. The van der Waals surface area contributed by atoms with Gasteiger partial charge in [0.05, 0.1) is 18.0 Å². The summed E-state index contributed by atoms with van der Waals surface area (Å²) in [6, 6.07) is 12.2. The lowest BCUT2D eigenvalue weighted by Crippen LogP contribution is -2.20. The van der Waals surface area contributed by atoms with E-state index in [-0.39, 0.29) is 35.4 Å². The van der Waals surface area contributed by atoms with Gasteiger partial charge in [0.2, 0.25) is 0 Å². The van der Waals surface area contributed by atoms with Gasteiger partial charge in [-0.3, -0.25) is 9.88 Å². The second-order valence-electron chi connectivity index (χ2n) is 9.91. The fourth-order valence-electron chi connectivity index (χ4n) is 4.10. The number of ether oxygens (including phenoxy) is 2. The SMILES string of the molecule is CC(C)(O)O.O=C(Nc1ccccc1)Nc1ncnc2c1ncn2C1CCC(COc2ccc(C(=O)O)cc2C(=O)O)O1. The Morgan fingerprint density at radius 3 is 2.40 bits per heavy atom. The van der Waals surface area contributed by atoms with E-state index in [0.717, 1.165) is 6.07 Å². The Kier molecular flexibility index (Phi) is 9.49. The molecule has 226 valence electrons. The molecule has 43 heavy (non-hydrogen) atoms. The molecule has 0 radical (unpaired) electrons. The minimum atomic E-state index is -1.50. The quantitative estimate of drug-likeness (QED) is 0.162. The number of urea groups is 1. The van der Waals surface area contributed by atoms with Crippen LogP contribution in [0.25, 0.3) is 11.2 Å². The number of hydrogen-bond donors (Lipinski definition) is 6. The van der Waals surface area contributed by atoms with Crippen LogP contribution in [0.1, 0.15) is 53.6 Å². The first-order valence-corrected chi connectivity index (χ1v) is 13.0. The largest absolute Gasteiger partial charge is 0.490 e. The third-order valence-corrected chi connectivity index (χ3v) is 5.90. The molecule has 0 bridgehead atoms. The van der Waals surface area contributed by atoms with Crippen LogP contribution in [0.3, 0.4) is 0 Å². The van der Waals surface area contributed by atoms with E-state index in [1.54, 1.807) is 35.2 Å². The van der Waals surface area contributed by atoms with Gasteiger partial charge in [0.15, 0.2) is 22.8 Å². The number of fused-ring (bicyclic) bond motifs is 1. The molecule has 0 spiro atoms. The number of para-hydroxylation sites is 1. The van der Waals surface area contributed by atoms with Gasteiger partial charge in [0.25, 0.3) is 0 Å². The topological polar surface area (TPSA) is 218 Å². The molecule has 2 aromatic carbocycles.